The van der Waals surface area contributed by atoms with Crippen molar-refractivity contribution in [1.82, 2.24) is 5.43 Å². The predicted octanol–water partition coefficient (Wildman–Crippen LogP) is 0.183. The largest absolute Gasteiger partial charge is 0.375 e. The topological polar surface area (TPSA) is 76.4 Å². The molecule has 0 unspecified atom stereocenters. The molecule has 0 aliphatic rings. The van der Waals surface area contributed by atoms with Crippen LogP contribution in [0.1, 0.15) is 5.56 Å². The van der Waals surface area contributed by atoms with Crippen LogP contribution < -0.4 is 16.9 Å². The van der Waals surface area contributed by atoms with Gasteiger partial charge in [-0.2, -0.15) is 5.10 Å². The molecule has 0 aliphatic heterocycles. The highest BCUT2D eigenvalue weighted by Gasteiger charge is 1.99. The summed E-state index contributed by atoms with van der Waals surface area (Å²) in [6.45, 7) is 0.333. The summed E-state index contributed by atoms with van der Waals surface area (Å²) in [5.74, 6) is 0. The van der Waals surface area contributed by atoms with Crippen molar-refractivity contribution in [3.05, 3.63) is 35.9 Å². The van der Waals surface area contributed by atoms with E-state index in [-0.39, 0.29) is 5.11 Å². The summed E-state index contributed by atoms with van der Waals surface area (Å²) in [6.07, 6.45) is 0. The molecule has 0 fully saturated rings. The molecule has 0 radical (unpaired) electrons. The van der Waals surface area contributed by atoms with E-state index >= 15 is 0 Å². The molecule has 0 bridgehead atoms. The van der Waals surface area contributed by atoms with Gasteiger partial charge in [-0.25, -0.2) is 0 Å². The van der Waals surface area contributed by atoms with E-state index in [0.29, 0.717) is 6.54 Å². The zero-order valence-electron chi connectivity index (χ0n) is 7.60. The van der Waals surface area contributed by atoms with Crippen molar-refractivity contribution in [2.24, 2.45) is 16.6 Å². The molecule has 5 N–H and O–H groups in total. The summed E-state index contributed by atoms with van der Waals surface area (Å²) < 4.78 is 0. The van der Waals surface area contributed by atoms with E-state index in [1.165, 1.54) is 0 Å². The molecule has 74 valence electrons. The quantitative estimate of drug-likeness (QED) is 0.376. The second kappa shape index (κ2) is 5.31. The Balaban J connectivity index is 2.82. The highest BCUT2D eigenvalue weighted by atomic mass is 32.1. The SMILES string of the molecule is NC/C(=N\NC(N)=S)c1ccccc1. The molecule has 5 heteroatoms. The third-order valence-corrected chi connectivity index (χ3v) is 1.69. The zero-order valence-corrected chi connectivity index (χ0v) is 8.42. The predicted molar refractivity (Wildman–Crippen MR) is 62.0 cm³/mol. The minimum Gasteiger partial charge on any atom is -0.375 e. The van der Waals surface area contributed by atoms with Crippen molar-refractivity contribution < 1.29 is 0 Å². The van der Waals surface area contributed by atoms with E-state index in [1.54, 1.807) is 0 Å². The second-order valence-corrected chi connectivity index (χ2v) is 3.04. The van der Waals surface area contributed by atoms with Crippen LogP contribution in [-0.2, 0) is 0 Å². The molecule has 0 amide bonds. The van der Waals surface area contributed by atoms with Gasteiger partial charge in [-0.05, 0) is 17.8 Å². The highest BCUT2D eigenvalue weighted by molar-refractivity contribution is 7.80. The van der Waals surface area contributed by atoms with Crippen LogP contribution in [0.3, 0.4) is 0 Å². The van der Waals surface area contributed by atoms with Gasteiger partial charge in [0, 0.05) is 6.54 Å². The van der Waals surface area contributed by atoms with E-state index in [9.17, 15) is 0 Å². The molecule has 14 heavy (non-hydrogen) atoms. The van der Waals surface area contributed by atoms with Gasteiger partial charge in [-0.15, -0.1) is 0 Å². The number of hydrogen-bond donors (Lipinski definition) is 3. The Morgan fingerprint density at radius 3 is 2.50 bits per heavy atom. The van der Waals surface area contributed by atoms with Gasteiger partial charge in [0.2, 0.25) is 0 Å². The fourth-order valence-corrected chi connectivity index (χ4v) is 1.03. The molecule has 1 aromatic carbocycles. The van der Waals surface area contributed by atoms with Crippen LogP contribution in [-0.4, -0.2) is 17.4 Å². The first-order valence-corrected chi connectivity index (χ1v) is 4.52. The molecule has 0 aromatic heterocycles. The Kier molecular flexibility index (Phi) is 4.03. The Morgan fingerprint density at radius 1 is 1.36 bits per heavy atom. The van der Waals surface area contributed by atoms with Crippen molar-refractivity contribution in [2.45, 2.75) is 0 Å². The lowest BCUT2D eigenvalue weighted by Gasteiger charge is -2.03. The van der Waals surface area contributed by atoms with Gasteiger partial charge in [0.05, 0.1) is 5.71 Å². The van der Waals surface area contributed by atoms with Gasteiger partial charge < -0.3 is 11.5 Å². The molecule has 0 atom stereocenters. The molecule has 0 spiro atoms. The minimum atomic E-state index is 0.131. The Labute approximate surface area is 88.0 Å². The Hall–Kier alpha value is -1.46. The smallest absolute Gasteiger partial charge is 0.184 e. The van der Waals surface area contributed by atoms with Crippen molar-refractivity contribution in [3.63, 3.8) is 0 Å². The first kappa shape index (κ1) is 10.6. The molecular weight excluding hydrogens is 196 g/mol. The number of nitrogens with zero attached hydrogens (tertiary/aromatic N) is 1. The van der Waals surface area contributed by atoms with Crippen LogP contribution in [0.2, 0.25) is 0 Å². The van der Waals surface area contributed by atoms with Gasteiger partial charge in [0.15, 0.2) is 5.11 Å². The standard InChI is InChI=1S/C9H12N4S/c10-6-8(12-13-9(11)14)7-4-2-1-3-5-7/h1-5H,6,10H2,(H3,11,13,14)/b12-8+. The minimum absolute atomic E-state index is 0.131. The average Bonchev–Trinajstić information content (AvgIpc) is 2.20. The Morgan fingerprint density at radius 2 is 2.00 bits per heavy atom. The number of hydrogen-bond acceptors (Lipinski definition) is 3. The highest BCUT2D eigenvalue weighted by Crippen LogP contribution is 1.99. The van der Waals surface area contributed by atoms with E-state index in [4.69, 9.17) is 11.5 Å². The number of thiocarbonyl (C=S) groups is 1. The van der Waals surface area contributed by atoms with Crippen molar-refractivity contribution in [1.29, 1.82) is 0 Å². The van der Waals surface area contributed by atoms with Gasteiger partial charge in [0.1, 0.15) is 0 Å². The van der Waals surface area contributed by atoms with Crippen LogP contribution >= 0.6 is 12.2 Å². The Bertz CT molecular complexity index is 334. The summed E-state index contributed by atoms with van der Waals surface area (Å²) in [7, 11) is 0. The van der Waals surface area contributed by atoms with Gasteiger partial charge >= 0.3 is 0 Å². The van der Waals surface area contributed by atoms with Crippen LogP contribution in [0.4, 0.5) is 0 Å². The fraction of sp³-hybridized carbons (Fsp3) is 0.111. The molecule has 0 heterocycles. The van der Waals surface area contributed by atoms with Crippen LogP contribution in [0, 0.1) is 0 Å². The van der Waals surface area contributed by atoms with Crippen LogP contribution in [0.15, 0.2) is 35.4 Å². The maximum atomic E-state index is 5.54. The first-order chi connectivity index (χ1) is 6.74. The van der Waals surface area contributed by atoms with Crippen LogP contribution in [0.5, 0.6) is 0 Å². The van der Waals surface area contributed by atoms with Gasteiger partial charge in [0.25, 0.3) is 0 Å². The average molecular weight is 208 g/mol. The van der Waals surface area contributed by atoms with Crippen molar-refractivity contribution >= 4 is 23.0 Å². The number of nitrogens with two attached hydrogens (primary N) is 2. The maximum Gasteiger partial charge on any atom is 0.184 e. The zero-order chi connectivity index (χ0) is 10.4. The molecule has 1 rings (SSSR count). The lowest BCUT2D eigenvalue weighted by atomic mass is 10.1. The molecule has 0 saturated heterocycles. The number of benzene rings is 1. The summed E-state index contributed by atoms with van der Waals surface area (Å²) in [5, 5.41) is 4.12. The second-order valence-electron chi connectivity index (χ2n) is 2.60. The summed E-state index contributed by atoms with van der Waals surface area (Å²) >= 11 is 4.63. The molecule has 0 saturated carbocycles. The monoisotopic (exact) mass is 208 g/mol. The van der Waals surface area contributed by atoms with E-state index in [1.807, 2.05) is 30.3 Å². The normalized spacial score (nSPS) is 11.1. The number of hydrazone groups is 1. The summed E-state index contributed by atoms with van der Waals surface area (Å²) in [6, 6.07) is 9.61. The third kappa shape index (κ3) is 3.12. The van der Waals surface area contributed by atoms with Crippen LogP contribution in [0.25, 0.3) is 0 Å². The van der Waals surface area contributed by atoms with Gasteiger partial charge in [-0.3, -0.25) is 5.43 Å². The van der Waals surface area contributed by atoms with E-state index < -0.39 is 0 Å². The van der Waals surface area contributed by atoms with Crippen molar-refractivity contribution in [3.8, 4) is 0 Å². The molecule has 0 aliphatic carbocycles. The molecule has 4 nitrogen and oxygen atoms in total. The maximum absolute atomic E-state index is 5.54. The lowest BCUT2D eigenvalue weighted by Crippen LogP contribution is -2.27. The summed E-state index contributed by atoms with van der Waals surface area (Å²) in [4.78, 5) is 0. The first-order valence-electron chi connectivity index (χ1n) is 4.11. The fourth-order valence-electron chi connectivity index (χ4n) is 0.981. The number of rotatable bonds is 3. The molecular formula is C9H12N4S. The summed E-state index contributed by atoms with van der Waals surface area (Å²) in [5.41, 5.74) is 15.0. The number of nitrogens with one attached hydrogen (secondary N) is 1. The third-order valence-electron chi connectivity index (χ3n) is 1.60. The van der Waals surface area contributed by atoms with Gasteiger partial charge in [-0.1, -0.05) is 30.3 Å². The van der Waals surface area contributed by atoms with Crippen molar-refractivity contribution in [2.75, 3.05) is 6.54 Å². The van der Waals surface area contributed by atoms with E-state index in [2.05, 4.69) is 22.7 Å². The van der Waals surface area contributed by atoms with E-state index in [0.717, 1.165) is 11.3 Å². The lowest BCUT2D eigenvalue weighted by molar-refractivity contribution is 1.02. The molecule has 1 aromatic rings.